The molecule has 0 aromatic heterocycles. The van der Waals surface area contributed by atoms with Crippen molar-refractivity contribution >= 4 is 16.7 Å². The molecule has 0 atom stereocenters. The lowest BCUT2D eigenvalue weighted by Crippen LogP contribution is -2.34. The fourth-order valence-corrected chi connectivity index (χ4v) is 5.32. The second kappa shape index (κ2) is 22.4. The van der Waals surface area contributed by atoms with Gasteiger partial charge < -0.3 is 10.1 Å². The zero-order chi connectivity index (χ0) is 33.6. The van der Waals surface area contributed by atoms with E-state index < -0.39 is 0 Å². The number of fused-ring (bicyclic) bond motifs is 1. The van der Waals surface area contributed by atoms with Crippen LogP contribution in [-0.2, 0) is 12.8 Å². The predicted octanol–water partition coefficient (Wildman–Crippen LogP) is 11.3. The molecule has 0 aliphatic heterocycles. The van der Waals surface area contributed by atoms with Gasteiger partial charge in [-0.2, -0.15) is 5.26 Å². The first-order valence-electron chi connectivity index (χ1n) is 17.4. The molecule has 4 rings (SSSR count). The number of carbonyl (C=O) groups is 1. The summed E-state index contributed by atoms with van der Waals surface area (Å²) in [5.74, 6) is 0.947. The third-order valence-corrected chi connectivity index (χ3v) is 7.95. The Balaban J connectivity index is 0.000000329. The SMILES string of the molecule is CCCC(CCC)NC(=O)c1ccc2cc(OC(CCC)CCC)ccc2c1.CCc1ccc(C#N)cc1.CCc1ccccc1. The molecule has 4 heteroatoms. The summed E-state index contributed by atoms with van der Waals surface area (Å²) in [6.07, 6.45) is 11.1. The number of carbonyl (C=O) groups excluding carboxylic acids is 1. The third kappa shape index (κ3) is 13.9. The van der Waals surface area contributed by atoms with Gasteiger partial charge in [0.25, 0.3) is 5.91 Å². The minimum Gasteiger partial charge on any atom is -0.490 e. The van der Waals surface area contributed by atoms with E-state index in [2.05, 4.69) is 89.3 Å². The van der Waals surface area contributed by atoms with Crippen molar-refractivity contribution in [1.82, 2.24) is 5.32 Å². The second-order valence-electron chi connectivity index (χ2n) is 11.8. The molecule has 1 N–H and O–H groups in total. The van der Waals surface area contributed by atoms with Gasteiger partial charge in [-0.15, -0.1) is 0 Å². The van der Waals surface area contributed by atoms with E-state index in [9.17, 15) is 4.79 Å². The first-order chi connectivity index (χ1) is 22.4. The van der Waals surface area contributed by atoms with Gasteiger partial charge in [-0.1, -0.05) is 122 Å². The van der Waals surface area contributed by atoms with Crippen molar-refractivity contribution < 1.29 is 9.53 Å². The highest BCUT2D eigenvalue weighted by atomic mass is 16.5. The molecule has 0 saturated carbocycles. The number of rotatable bonds is 14. The number of nitrogens with zero attached hydrogens (tertiary/aromatic N) is 1. The van der Waals surface area contributed by atoms with Crippen molar-refractivity contribution in [3.8, 4) is 11.8 Å². The lowest BCUT2D eigenvalue weighted by atomic mass is 10.0. The monoisotopic (exact) mass is 620 g/mol. The summed E-state index contributed by atoms with van der Waals surface area (Å²) >= 11 is 0. The summed E-state index contributed by atoms with van der Waals surface area (Å²) in [6.45, 7) is 13.0. The Bertz CT molecular complexity index is 1430. The Hall–Kier alpha value is -4.10. The average molecular weight is 621 g/mol. The van der Waals surface area contributed by atoms with Crippen LogP contribution in [0.25, 0.3) is 10.8 Å². The lowest BCUT2D eigenvalue weighted by molar-refractivity contribution is 0.0932. The van der Waals surface area contributed by atoms with E-state index in [1.54, 1.807) is 0 Å². The fourth-order valence-electron chi connectivity index (χ4n) is 5.32. The van der Waals surface area contributed by atoms with E-state index in [0.29, 0.717) is 0 Å². The van der Waals surface area contributed by atoms with Crippen LogP contribution in [0.1, 0.15) is 120 Å². The summed E-state index contributed by atoms with van der Waals surface area (Å²) in [5.41, 5.74) is 4.15. The van der Waals surface area contributed by atoms with Crippen molar-refractivity contribution in [1.29, 1.82) is 5.26 Å². The van der Waals surface area contributed by atoms with E-state index in [-0.39, 0.29) is 18.1 Å². The zero-order valence-corrected chi connectivity index (χ0v) is 29.1. The molecule has 0 spiro atoms. The molecule has 0 bridgehead atoms. The molecule has 0 aliphatic carbocycles. The first kappa shape index (κ1) is 38.1. The van der Waals surface area contributed by atoms with Crippen molar-refractivity contribution in [2.75, 3.05) is 0 Å². The van der Waals surface area contributed by atoms with E-state index in [1.807, 2.05) is 54.6 Å². The van der Waals surface area contributed by atoms with Crippen LogP contribution in [0.5, 0.6) is 5.75 Å². The van der Waals surface area contributed by atoms with E-state index in [0.717, 1.165) is 91.9 Å². The Morgan fingerprint density at radius 1 is 0.674 bits per heavy atom. The molecule has 46 heavy (non-hydrogen) atoms. The summed E-state index contributed by atoms with van der Waals surface area (Å²) in [4.78, 5) is 12.7. The Kier molecular flexibility index (Phi) is 18.6. The topological polar surface area (TPSA) is 62.1 Å². The van der Waals surface area contributed by atoms with Crippen molar-refractivity contribution in [3.63, 3.8) is 0 Å². The number of nitrogens with one attached hydrogen (secondary N) is 1. The van der Waals surface area contributed by atoms with Crippen molar-refractivity contribution in [2.24, 2.45) is 0 Å². The average Bonchev–Trinajstić information content (AvgIpc) is 3.09. The molecule has 0 saturated heterocycles. The van der Waals surface area contributed by atoms with Gasteiger partial charge in [0, 0.05) is 11.6 Å². The van der Waals surface area contributed by atoms with E-state index in [4.69, 9.17) is 10.00 Å². The Labute approximate surface area is 279 Å². The summed E-state index contributed by atoms with van der Waals surface area (Å²) in [7, 11) is 0. The molecule has 4 nitrogen and oxygen atoms in total. The minimum absolute atomic E-state index is 0.0279. The van der Waals surface area contributed by atoms with Gasteiger partial charge >= 0.3 is 0 Å². The van der Waals surface area contributed by atoms with Crippen LogP contribution in [0.3, 0.4) is 0 Å². The summed E-state index contributed by atoms with van der Waals surface area (Å²) in [6, 6.07) is 32.6. The minimum atomic E-state index is 0.0279. The largest absolute Gasteiger partial charge is 0.490 e. The maximum Gasteiger partial charge on any atom is 0.251 e. The van der Waals surface area contributed by atoms with Gasteiger partial charge in [0.1, 0.15) is 5.75 Å². The quantitative estimate of drug-likeness (QED) is 0.153. The molecule has 0 aliphatic rings. The van der Waals surface area contributed by atoms with Crippen LogP contribution < -0.4 is 10.1 Å². The molecule has 0 heterocycles. The molecule has 0 unspecified atom stereocenters. The number of ether oxygens (including phenoxy) is 1. The molecule has 246 valence electrons. The van der Waals surface area contributed by atoms with Gasteiger partial charge in [-0.25, -0.2) is 0 Å². The number of hydrogen-bond donors (Lipinski definition) is 1. The van der Waals surface area contributed by atoms with Crippen molar-refractivity contribution in [2.45, 2.75) is 118 Å². The second-order valence-corrected chi connectivity index (χ2v) is 11.8. The van der Waals surface area contributed by atoms with Gasteiger partial charge in [0.15, 0.2) is 0 Å². The predicted molar refractivity (Wildman–Crippen MR) is 196 cm³/mol. The molecular formula is C42H56N2O2. The normalized spacial score (nSPS) is 10.4. The fraction of sp³-hybridized carbons (Fsp3) is 0.429. The number of hydrogen-bond acceptors (Lipinski definition) is 3. The summed E-state index contributed by atoms with van der Waals surface area (Å²) in [5, 5.41) is 13.8. The molecule has 1 amide bonds. The first-order valence-corrected chi connectivity index (χ1v) is 17.4. The lowest BCUT2D eigenvalue weighted by Gasteiger charge is -2.19. The van der Waals surface area contributed by atoms with Crippen LogP contribution >= 0.6 is 0 Å². The summed E-state index contributed by atoms with van der Waals surface area (Å²) < 4.78 is 6.21. The van der Waals surface area contributed by atoms with E-state index >= 15 is 0 Å². The van der Waals surface area contributed by atoms with Crippen LogP contribution in [-0.4, -0.2) is 18.1 Å². The zero-order valence-electron chi connectivity index (χ0n) is 29.1. The Morgan fingerprint density at radius 2 is 1.22 bits per heavy atom. The highest BCUT2D eigenvalue weighted by Crippen LogP contribution is 2.25. The number of benzene rings is 4. The standard InChI is InChI=1S/C25H37NO2.C9H9N.C8H10/c1-5-9-22(10-6-2)26-25(27)21-14-13-20-18-24(16-15-19(20)17-21)28-23(11-7-3)12-8-4;1-2-8-3-5-9(7-10)6-4-8;1-2-8-6-4-3-5-7-8/h13-18,22-23H,5-12H2,1-4H3,(H,26,27);3-6H,2H2,1H3;3-7H,2H2,1H3. The third-order valence-electron chi connectivity index (χ3n) is 7.95. The Morgan fingerprint density at radius 3 is 1.74 bits per heavy atom. The molecular weight excluding hydrogens is 564 g/mol. The van der Waals surface area contributed by atoms with Gasteiger partial charge in [-0.05, 0) is 96.8 Å². The number of amides is 1. The van der Waals surface area contributed by atoms with Crippen molar-refractivity contribution in [3.05, 3.63) is 113 Å². The van der Waals surface area contributed by atoms with Crippen LogP contribution in [0.2, 0.25) is 0 Å². The molecule has 0 radical (unpaired) electrons. The van der Waals surface area contributed by atoms with Crippen LogP contribution in [0.15, 0.2) is 91.0 Å². The number of aryl methyl sites for hydroxylation is 2. The maximum absolute atomic E-state index is 12.7. The molecule has 0 fully saturated rings. The van der Waals surface area contributed by atoms with Gasteiger partial charge in [-0.3, -0.25) is 4.79 Å². The van der Waals surface area contributed by atoms with Gasteiger partial charge in [0.2, 0.25) is 0 Å². The maximum atomic E-state index is 12.7. The highest BCUT2D eigenvalue weighted by molar-refractivity contribution is 5.99. The van der Waals surface area contributed by atoms with Crippen LogP contribution in [0, 0.1) is 11.3 Å². The molecule has 4 aromatic carbocycles. The van der Waals surface area contributed by atoms with Gasteiger partial charge in [0.05, 0.1) is 17.7 Å². The smallest absolute Gasteiger partial charge is 0.251 e. The van der Waals surface area contributed by atoms with Crippen LogP contribution in [0.4, 0.5) is 0 Å². The number of nitriles is 1. The molecule has 4 aromatic rings. The highest BCUT2D eigenvalue weighted by Gasteiger charge is 2.14. The van der Waals surface area contributed by atoms with E-state index in [1.165, 1.54) is 11.1 Å².